The molecule has 3 rings (SSSR count). The number of benzene rings is 2. The molecule has 1 aromatic heterocycles. The summed E-state index contributed by atoms with van der Waals surface area (Å²) in [7, 11) is 0. The van der Waals surface area contributed by atoms with Gasteiger partial charge in [-0.3, -0.25) is 9.69 Å². The van der Waals surface area contributed by atoms with Gasteiger partial charge in [0.15, 0.2) is 0 Å². The van der Waals surface area contributed by atoms with Crippen LogP contribution < -0.4 is 10.3 Å². The predicted octanol–water partition coefficient (Wildman–Crippen LogP) is 3.23. The van der Waals surface area contributed by atoms with Gasteiger partial charge in [0.2, 0.25) is 0 Å². The Bertz CT molecular complexity index is 962. The number of hydrogen-bond acceptors (Lipinski definition) is 5. The van der Waals surface area contributed by atoms with Crippen molar-refractivity contribution in [2.45, 2.75) is 26.0 Å². The molecule has 6 nitrogen and oxygen atoms in total. The summed E-state index contributed by atoms with van der Waals surface area (Å²) in [6.07, 6.45) is 0.254. The molecule has 0 radical (unpaired) electrons. The van der Waals surface area contributed by atoms with Gasteiger partial charge in [0.05, 0.1) is 17.4 Å². The Kier molecular flexibility index (Phi) is 7.03. The SMILES string of the molecule is CCCN(Cc1nc2cc(Cl)ccc2c(=O)[nH]1)C[C@@H](O)COc1ccccc1. The van der Waals surface area contributed by atoms with Crippen molar-refractivity contribution in [1.29, 1.82) is 0 Å². The highest BCUT2D eigenvalue weighted by Crippen LogP contribution is 2.15. The fraction of sp³-hybridized carbons (Fsp3) is 0.333. The maximum atomic E-state index is 12.3. The summed E-state index contributed by atoms with van der Waals surface area (Å²) in [5.41, 5.74) is 0.372. The largest absolute Gasteiger partial charge is 0.491 e. The second-order valence-electron chi connectivity index (χ2n) is 6.69. The van der Waals surface area contributed by atoms with Crippen molar-refractivity contribution < 1.29 is 9.84 Å². The van der Waals surface area contributed by atoms with Crippen LogP contribution in [0.3, 0.4) is 0 Å². The minimum atomic E-state index is -0.659. The molecule has 0 aliphatic carbocycles. The zero-order valence-corrected chi connectivity index (χ0v) is 16.5. The molecule has 0 amide bonds. The van der Waals surface area contributed by atoms with Crippen molar-refractivity contribution in [3.8, 4) is 5.75 Å². The smallest absolute Gasteiger partial charge is 0.258 e. The highest BCUT2D eigenvalue weighted by molar-refractivity contribution is 6.31. The van der Waals surface area contributed by atoms with E-state index in [-0.39, 0.29) is 12.2 Å². The van der Waals surface area contributed by atoms with Gasteiger partial charge in [-0.05, 0) is 43.3 Å². The number of aliphatic hydroxyl groups excluding tert-OH is 1. The van der Waals surface area contributed by atoms with E-state index in [2.05, 4.69) is 16.9 Å². The van der Waals surface area contributed by atoms with E-state index in [1.165, 1.54) is 0 Å². The third kappa shape index (κ3) is 5.55. The molecule has 0 bridgehead atoms. The van der Waals surface area contributed by atoms with Crippen LogP contribution in [0.4, 0.5) is 0 Å². The van der Waals surface area contributed by atoms with E-state index in [0.717, 1.165) is 18.7 Å². The number of para-hydroxylation sites is 1. The van der Waals surface area contributed by atoms with Crippen LogP contribution in [0.2, 0.25) is 5.02 Å². The van der Waals surface area contributed by atoms with Crippen LogP contribution in [0, 0.1) is 0 Å². The van der Waals surface area contributed by atoms with Gasteiger partial charge in [-0.15, -0.1) is 0 Å². The van der Waals surface area contributed by atoms with Crippen LogP contribution in [-0.2, 0) is 6.54 Å². The number of H-pyrrole nitrogens is 1. The number of rotatable bonds is 9. The topological polar surface area (TPSA) is 78.5 Å². The van der Waals surface area contributed by atoms with Gasteiger partial charge in [0.1, 0.15) is 24.3 Å². The van der Waals surface area contributed by atoms with E-state index >= 15 is 0 Å². The molecular weight excluding hydrogens is 378 g/mol. The van der Waals surface area contributed by atoms with Crippen molar-refractivity contribution in [1.82, 2.24) is 14.9 Å². The molecular formula is C21H24ClN3O3. The van der Waals surface area contributed by atoms with Gasteiger partial charge in [0, 0.05) is 11.6 Å². The monoisotopic (exact) mass is 401 g/mol. The molecule has 0 aliphatic rings. The highest BCUT2D eigenvalue weighted by Gasteiger charge is 2.14. The molecule has 2 aromatic carbocycles. The summed E-state index contributed by atoms with van der Waals surface area (Å²) >= 11 is 6.02. The molecule has 28 heavy (non-hydrogen) atoms. The zero-order chi connectivity index (χ0) is 19.9. The lowest BCUT2D eigenvalue weighted by atomic mass is 10.2. The van der Waals surface area contributed by atoms with Crippen LogP contribution >= 0.6 is 11.6 Å². The zero-order valence-electron chi connectivity index (χ0n) is 15.8. The second kappa shape index (κ2) is 9.68. The Morgan fingerprint density at radius 2 is 2.04 bits per heavy atom. The normalized spacial score (nSPS) is 12.4. The van der Waals surface area contributed by atoms with Crippen LogP contribution in [0.5, 0.6) is 5.75 Å². The molecule has 3 aromatic rings. The maximum Gasteiger partial charge on any atom is 0.258 e. The predicted molar refractivity (Wildman–Crippen MR) is 111 cm³/mol. The van der Waals surface area contributed by atoms with Crippen molar-refractivity contribution in [3.63, 3.8) is 0 Å². The summed E-state index contributed by atoms with van der Waals surface area (Å²) in [6, 6.07) is 14.4. The average Bonchev–Trinajstić information content (AvgIpc) is 2.67. The standard InChI is InChI=1S/C21H24ClN3O3/c1-2-10-25(12-16(26)14-28-17-6-4-3-5-7-17)13-20-23-19-11-15(22)8-9-18(19)21(27)24-20/h3-9,11,16,26H,2,10,12-14H2,1H3,(H,23,24,27)/t16-/m1/s1. The number of aromatic amines is 1. The molecule has 7 heteroatoms. The Labute approximate surface area is 168 Å². The van der Waals surface area contributed by atoms with E-state index in [1.54, 1.807) is 18.2 Å². The number of fused-ring (bicyclic) bond motifs is 1. The first kappa shape index (κ1) is 20.3. The number of ether oxygens (including phenoxy) is 1. The molecule has 0 saturated carbocycles. The first-order chi connectivity index (χ1) is 13.5. The molecule has 1 atom stereocenters. The Hall–Kier alpha value is -2.41. The fourth-order valence-electron chi connectivity index (χ4n) is 3.06. The lowest BCUT2D eigenvalue weighted by Crippen LogP contribution is -2.36. The highest BCUT2D eigenvalue weighted by atomic mass is 35.5. The average molecular weight is 402 g/mol. The van der Waals surface area contributed by atoms with E-state index in [9.17, 15) is 9.90 Å². The Morgan fingerprint density at radius 3 is 2.79 bits per heavy atom. The molecule has 148 valence electrons. The molecule has 0 unspecified atom stereocenters. The van der Waals surface area contributed by atoms with Crippen LogP contribution in [-0.4, -0.2) is 45.8 Å². The van der Waals surface area contributed by atoms with Crippen LogP contribution in [0.15, 0.2) is 53.3 Å². The molecule has 0 fully saturated rings. The molecule has 1 heterocycles. The van der Waals surface area contributed by atoms with Gasteiger partial charge in [-0.25, -0.2) is 4.98 Å². The lowest BCUT2D eigenvalue weighted by molar-refractivity contribution is 0.0647. The van der Waals surface area contributed by atoms with Gasteiger partial charge < -0.3 is 14.8 Å². The summed E-state index contributed by atoms with van der Waals surface area (Å²) < 4.78 is 5.62. The number of aliphatic hydroxyl groups is 1. The second-order valence-corrected chi connectivity index (χ2v) is 7.12. The number of halogens is 1. The quantitative estimate of drug-likeness (QED) is 0.575. The van der Waals surface area contributed by atoms with E-state index in [4.69, 9.17) is 16.3 Å². The third-order valence-corrected chi connectivity index (χ3v) is 4.52. The third-order valence-electron chi connectivity index (χ3n) is 4.29. The van der Waals surface area contributed by atoms with Gasteiger partial charge in [-0.2, -0.15) is 0 Å². The van der Waals surface area contributed by atoms with Gasteiger partial charge in [0.25, 0.3) is 5.56 Å². The lowest BCUT2D eigenvalue weighted by Gasteiger charge is -2.24. The molecule has 0 spiro atoms. The first-order valence-corrected chi connectivity index (χ1v) is 9.69. The maximum absolute atomic E-state index is 12.3. The fourth-order valence-corrected chi connectivity index (χ4v) is 3.23. The summed E-state index contributed by atoms with van der Waals surface area (Å²) in [6.45, 7) is 3.86. The number of aromatic nitrogens is 2. The van der Waals surface area contributed by atoms with E-state index in [1.807, 2.05) is 35.2 Å². The van der Waals surface area contributed by atoms with E-state index in [0.29, 0.717) is 34.8 Å². The molecule has 0 aliphatic heterocycles. The van der Waals surface area contributed by atoms with Crippen molar-refractivity contribution in [2.24, 2.45) is 0 Å². The Morgan fingerprint density at radius 1 is 1.25 bits per heavy atom. The van der Waals surface area contributed by atoms with Crippen molar-refractivity contribution in [2.75, 3.05) is 19.7 Å². The summed E-state index contributed by atoms with van der Waals surface area (Å²) in [4.78, 5) is 21.7. The van der Waals surface area contributed by atoms with Crippen LogP contribution in [0.25, 0.3) is 10.9 Å². The number of hydrogen-bond donors (Lipinski definition) is 2. The van der Waals surface area contributed by atoms with E-state index < -0.39 is 6.10 Å². The first-order valence-electron chi connectivity index (χ1n) is 9.32. The van der Waals surface area contributed by atoms with Gasteiger partial charge in [-0.1, -0.05) is 36.7 Å². The number of nitrogens with zero attached hydrogens (tertiary/aromatic N) is 2. The van der Waals surface area contributed by atoms with Crippen molar-refractivity contribution >= 4 is 22.5 Å². The minimum absolute atomic E-state index is 0.193. The van der Waals surface area contributed by atoms with Crippen LogP contribution in [0.1, 0.15) is 19.2 Å². The summed E-state index contributed by atoms with van der Waals surface area (Å²) in [5.74, 6) is 1.27. The summed E-state index contributed by atoms with van der Waals surface area (Å²) in [5, 5.41) is 11.4. The van der Waals surface area contributed by atoms with Gasteiger partial charge >= 0.3 is 0 Å². The Balaban J connectivity index is 1.67. The molecule has 0 saturated heterocycles. The molecule has 2 N–H and O–H groups in total. The number of nitrogens with one attached hydrogen (secondary N) is 1. The minimum Gasteiger partial charge on any atom is -0.491 e. The van der Waals surface area contributed by atoms with Crippen molar-refractivity contribution in [3.05, 3.63) is 69.7 Å².